The first-order chi connectivity index (χ1) is 3.31. The fourth-order valence-electron chi connectivity index (χ4n) is 0.119. The third-order valence-corrected chi connectivity index (χ3v) is 0.305. The second-order valence-corrected chi connectivity index (χ2v) is 0.780. The van der Waals surface area contributed by atoms with Gasteiger partial charge in [-0.3, -0.25) is 4.89 Å². The predicted octanol–water partition coefficient (Wildman–Crippen LogP) is -0.917. The van der Waals surface area contributed by atoms with Crippen molar-refractivity contribution in [3.63, 3.8) is 0 Å². The Morgan fingerprint density at radius 1 is 1.86 bits per heavy atom. The molecule has 0 spiro atoms. The van der Waals surface area contributed by atoms with Gasteiger partial charge in [-0.1, -0.05) is 0 Å². The van der Waals surface area contributed by atoms with E-state index in [-0.39, 0.29) is 0 Å². The lowest BCUT2D eigenvalue weighted by atomic mass is 10.8. The number of hydrogen-bond donors (Lipinski definition) is 1. The van der Waals surface area contributed by atoms with E-state index in [2.05, 4.69) is 9.78 Å². The van der Waals surface area contributed by atoms with Crippen molar-refractivity contribution in [1.29, 1.82) is 0 Å². The van der Waals surface area contributed by atoms with E-state index in [1.54, 1.807) is 0 Å². The van der Waals surface area contributed by atoms with Gasteiger partial charge in [0.25, 0.3) is 0 Å². The van der Waals surface area contributed by atoms with Crippen LogP contribution in [0.3, 0.4) is 0 Å². The van der Waals surface area contributed by atoms with Crippen molar-refractivity contribution in [2.24, 2.45) is 0 Å². The van der Waals surface area contributed by atoms with Crippen LogP contribution in [-0.2, 0) is 14.6 Å². The predicted molar refractivity (Wildman–Crippen MR) is 20.2 cm³/mol. The van der Waals surface area contributed by atoms with Crippen molar-refractivity contribution < 1.29 is 19.7 Å². The Morgan fingerprint density at radius 3 is 2.57 bits per heavy atom. The second kappa shape index (κ2) is 3.58. The molecule has 0 bridgehead atoms. The molecule has 0 amide bonds. The molecule has 0 aliphatic heterocycles. The van der Waals surface area contributed by atoms with Gasteiger partial charge in [0.1, 0.15) is 6.61 Å². The molecule has 0 aromatic rings. The average Bonchev–Trinajstić information content (AvgIpc) is 1.68. The molecule has 42 valence electrons. The SMILES string of the molecule is COOC(=O)CO. The summed E-state index contributed by atoms with van der Waals surface area (Å²) < 4.78 is 0. The van der Waals surface area contributed by atoms with Gasteiger partial charge < -0.3 is 5.11 Å². The van der Waals surface area contributed by atoms with Gasteiger partial charge in [0.05, 0.1) is 7.11 Å². The lowest BCUT2D eigenvalue weighted by Gasteiger charge is -1.91. The molecule has 0 saturated carbocycles. The first-order valence-electron chi connectivity index (χ1n) is 1.65. The number of aliphatic hydroxyl groups excluding tert-OH is 1. The highest BCUT2D eigenvalue weighted by Gasteiger charge is 1.95. The molecule has 0 heterocycles. The minimum Gasteiger partial charge on any atom is -0.385 e. The largest absolute Gasteiger partial charge is 0.385 e. The lowest BCUT2D eigenvalue weighted by Crippen LogP contribution is -2.07. The van der Waals surface area contributed by atoms with E-state index in [0.717, 1.165) is 0 Å². The van der Waals surface area contributed by atoms with Crippen molar-refractivity contribution >= 4 is 5.97 Å². The molecule has 0 radical (unpaired) electrons. The van der Waals surface area contributed by atoms with Gasteiger partial charge in [-0.25, -0.2) is 4.79 Å². The van der Waals surface area contributed by atoms with Gasteiger partial charge in [0.2, 0.25) is 0 Å². The minimum atomic E-state index is -0.789. The first kappa shape index (κ1) is 6.39. The number of carbonyl (C=O) groups is 1. The van der Waals surface area contributed by atoms with Crippen molar-refractivity contribution in [2.75, 3.05) is 13.7 Å². The molecular formula is C3H6O4. The maximum atomic E-state index is 9.81. The molecule has 4 heteroatoms. The standard InChI is InChI=1S/C3H6O4/c1-6-7-3(5)2-4/h4H,2H2,1H3. The smallest absolute Gasteiger partial charge is 0.367 e. The van der Waals surface area contributed by atoms with Crippen LogP contribution in [0.2, 0.25) is 0 Å². The summed E-state index contributed by atoms with van der Waals surface area (Å²) in [4.78, 5) is 17.5. The van der Waals surface area contributed by atoms with Gasteiger partial charge in [-0.15, -0.1) is 0 Å². The van der Waals surface area contributed by atoms with Crippen molar-refractivity contribution in [1.82, 2.24) is 0 Å². The molecule has 0 aromatic carbocycles. The highest BCUT2D eigenvalue weighted by atomic mass is 17.2. The molecule has 7 heavy (non-hydrogen) atoms. The molecule has 0 aliphatic carbocycles. The first-order valence-corrected chi connectivity index (χ1v) is 1.65. The van der Waals surface area contributed by atoms with E-state index in [4.69, 9.17) is 5.11 Å². The number of hydrogen-bond acceptors (Lipinski definition) is 4. The van der Waals surface area contributed by atoms with Crippen LogP contribution in [0.15, 0.2) is 0 Å². The Bertz CT molecular complexity index is 60.0. The topological polar surface area (TPSA) is 55.8 Å². The summed E-state index contributed by atoms with van der Waals surface area (Å²) in [6.07, 6.45) is 0. The Balaban J connectivity index is 3.00. The summed E-state index contributed by atoms with van der Waals surface area (Å²) in [5.41, 5.74) is 0. The molecule has 0 saturated heterocycles. The van der Waals surface area contributed by atoms with Gasteiger partial charge >= 0.3 is 5.97 Å². The molecule has 0 rings (SSSR count). The molecule has 4 nitrogen and oxygen atoms in total. The Hall–Kier alpha value is -0.610. The lowest BCUT2D eigenvalue weighted by molar-refractivity contribution is -0.257. The van der Waals surface area contributed by atoms with E-state index in [1.165, 1.54) is 7.11 Å². The van der Waals surface area contributed by atoms with Crippen molar-refractivity contribution in [2.45, 2.75) is 0 Å². The maximum Gasteiger partial charge on any atom is 0.367 e. The monoisotopic (exact) mass is 106 g/mol. The van der Waals surface area contributed by atoms with Crippen LogP contribution in [0.25, 0.3) is 0 Å². The summed E-state index contributed by atoms with van der Waals surface area (Å²) in [5.74, 6) is -0.789. The molecule has 0 unspecified atom stereocenters. The molecule has 0 atom stereocenters. The fraction of sp³-hybridized carbons (Fsp3) is 0.667. The molecule has 0 aromatic heterocycles. The maximum absolute atomic E-state index is 9.81. The third kappa shape index (κ3) is 3.21. The van der Waals surface area contributed by atoms with Crippen molar-refractivity contribution in [3.05, 3.63) is 0 Å². The van der Waals surface area contributed by atoms with Crippen LogP contribution in [0.5, 0.6) is 0 Å². The quantitative estimate of drug-likeness (QED) is 0.365. The molecule has 1 N–H and O–H groups in total. The fourth-order valence-corrected chi connectivity index (χ4v) is 0.119. The highest BCUT2D eigenvalue weighted by Crippen LogP contribution is 1.71. The number of rotatable bonds is 2. The van der Waals surface area contributed by atoms with Crippen LogP contribution in [-0.4, -0.2) is 24.8 Å². The highest BCUT2D eigenvalue weighted by molar-refractivity contribution is 5.69. The van der Waals surface area contributed by atoms with Gasteiger partial charge in [-0.2, -0.15) is 4.89 Å². The van der Waals surface area contributed by atoms with E-state index in [9.17, 15) is 4.79 Å². The average molecular weight is 106 g/mol. The Labute approximate surface area is 40.6 Å². The zero-order valence-electron chi connectivity index (χ0n) is 3.88. The van der Waals surface area contributed by atoms with E-state index < -0.39 is 12.6 Å². The van der Waals surface area contributed by atoms with Gasteiger partial charge in [0, 0.05) is 0 Å². The summed E-state index contributed by atoms with van der Waals surface area (Å²) in [5, 5.41) is 7.91. The van der Waals surface area contributed by atoms with E-state index in [1.807, 2.05) is 0 Å². The Kier molecular flexibility index (Phi) is 3.26. The summed E-state index contributed by atoms with van der Waals surface area (Å²) in [6, 6.07) is 0. The van der Waals surface area contributed by atoms with E-state index >= 15 is 0 Å². The zero-order valence-corrected chi connectivity index (χ0v) is 3.88. The van der Waals surface area contributed by atoms with Crippen molar-refractivity contribution in [3.8, 4) is 0 Å². The molecule has 0 fully saturated rings. The number of carbonyl (C=O) groups excluding carboxylic acids is 1. The van der Waals surface area contributed by atoms with Crippen LogP contribution in [0, 0.1) is 0 Å². The molecular weight excluding hydrogens is 100 g/mol. The number of aliphatic hydroxyl groups is 1. The third-order valence-electron chi connectivity index (χ3n) is 0.305. The second-order valence-electron chi connectivity index (χ2n) is 0.780. The van der Waals surface area contributed by atoms with Crippen LogP contribution >= 0.6 is 0 Å². The van der Waals surface area contributed by atoms with Gasteiger partial charge in [-0.05, 0) is 0 Å². The van der Waals surface area contributed by atoms with E-state index in [0.29, 0.717) is 0 Å². The summed E-state index contributed by atoms with van der Waals surface area (Å²) >= 11 is 0. The molecule has 0 aliphatic rings. The van der Waals surface area contributed by atoms with Crippen LogP contribution < -0.4 is 0 Å². The van der Waals surface area contributed by atoms with Crippen LogP contribution in [0.1, 0.15) is 0 Å². The van der Waals surface area contributed by atoms with Crippen LogP contribution in [0.4, 0.5) is 0 Å². The normalized spacial score (nSPS) is 8.29. The van der Waals surface area contributed by atoms with Gasteiger partial charge in [0.15, 0.2) is 0 Å². The zero-order chi connectivity index (χ0) is 5.70. The Morgan fingerprint density at radius 2 is 2.43 bits per heavy atom. The summed E-state index contributed by atoms with van der Waals surface area (Å²) in [7, 11) is 1.19. The summed E-state index contributed by atoms with van der Waals surface area (Å²) in [6.45, 7) is -0.645. The minimum absolute atomic E-state index is 0.645.